The smallest absolute Gasteiger partial charge is 0.308 e. The molecule has 0 aliphatic heterocycles. The van der Waals surface area contributed by atoms with Gasteiger partial charge in [0.25, 0.3) is 11.5 Å². The molecule has 1 aliphatic rings. The van der Waals surface area contributed by atoms with Crippen LogP contribution in [0.3, 0.4) is 0 Å². The van der Waals surface area contributed by atoms with Crippen molar-refractivity contribution in [2.75, 3.05) is 7.11 Å². The normalized spacial score (nSPS) is 18.0. The molecule has 1 saturated carbocycles. The Morgan fingerprint density at radius 3 is 2.33 bits per heavy atom. The van der Waals surface area contributed by atoms with Crippen LogP contribution in [-0.4, -0.2) is 35.8 Å². The maximum absolute atomic E-state index is 12.7. The SMILES string of the molecule is COC(=O)C1CCC(NC(=O)c2cc(-c3ccc(C(=N)N)cc3)c[nH]c2=O)CC1.Cl. The standard InChI is InChI=1S/C21H24N4O4.ClH/c1-29-21(28)14-6-8-16(9-7-14)25-20(27)17-10-15(11-24-19(17)26)12-2-4-13(5-3-12)18(22)23;/h2-5,10-11,14,16H,6-9H2,1H3,(H3,22,23)(H,24,26)(H,25,27);1H. The maximum atomic E-state index is 12.7. The first-order valence-electron chi connectivity index (χ1n) is 9.45. The number of H-pyrrole nitrogens is 1. The number of nitrogens with one attached hydrogen (secondary N) is 3. The molecule has 1 aromatic carbocycles. The lowest BCUT2D eigenvalue weighted by molar-refractivity contribution is -0.146. The van der Waals surface area contributed by atoms with Crippen molar-refractivity contribution in [3.8, 4) is 11.1 Å². The zero-order valence-electron chi connectivity index (χ0n) is 16.6. The molecule has 8 nitrogen and oxygen atoms in total. The number of ether oxygens (including phenoxy) is 1. The van der Waals surface area contributed by atoms with Crippen LogP contribution in [0.25, 0.3) is 11.1 Å². The van der Waals surface area contributed by atoms with Crippen molar-refractivity contribution in [3.63, 3.8) is 0 Å². The Morgan fingerprint density at radius 2 is 1.77 bits per heavy atom. The van der Waals surface area contributed by atoms with E-state index in [9.17, 15) is 14.4 Å². The van der Waals surface area contributed by atoms with Crippen LogP contribution in [0, 0.1) is 11.3 Å². The average Bonchev–Trinajstić information content (AvgIpc) is 2.74. The Bertz CT molecular complexity index is 979. The van der Waals surface area contributed by atoms with E-state index in [1.807, 2.05) is 0 Å². The van der Waals surface area contributed by atoms with Gasteiger partial charge in [-0.2, -0.15) is 0 Å². The van der Waals surface area contributed by atoms with E-state index < -0.39 is 11.5 Å². The Hall–Kier alpha value is -3.13. The summed E-state index contributed by atoms with van der Waals surface area (Å²) in [6.07, 6.45) is 4.17. The van der Waals surface area contributed by atoms with E-state index in [2.05, 4.69) is 10.3 Å². The minimum atomic E-state index is -0.463. The Kier molecular flexibility index (Phi) is 7.77. The van der Waals surface area contributed by atoms with Gasteiger partial charge in [0.05, 0.1) is 13.0 Å². The summed E-state index contributed by atoms with van der Waals surface area (Å²) in [7, 11) is 1.38. The highest BCUT2D eigenvalue weighted by Gasteiger charge is 2.28. The number of amides is 1. The van der Waals surface area contributed by atoms with E-state index in [4.69, 9.17) is 15.9 Å². The molecule has 2 aromatic rings. The van der Waals surface area contributed by atoms with Gasteiger partial charge in [0.2, 0.25) is 0 Å². The number of aromatic nitrogens is 1. The number of methoxy groups -OCH3 is 1. The molecule has 1 amide bonds. The van der Waals surface area contributed by atoms with Gasteiger partial charge < -0.3 is 20.8 Å². The molecule has 0 unspecified atom stereocenters. The zero-order valence-corrected chi connectivity index (χ0v) is 17.4. The highest BCUT2D eigenvalue weighted by Crippen LogP contribution is 2.25. The molecule has 0 spiro atoms. The first kappa shape index (κ1) is 23.2. The fraction of sp³-hybridized carbons (Fsp3) is 0.333. The largest absolute Gasteiger partial charge is 0.469 e. The summed E-state index contributed by atoms with van der Waals surface area (Å²) in [6, 6.07) is 8.45. The summed E-state index contributed by atoms with van der Waals surface area (Å²) in [5.74, 6) is -0.803. The van der Waals surface area contributed by atoms with Gasteiger partial charge in [0.1, 0.15) is 11.4 Å². The summed E-state index contributed by atoms with van der Waals surface area (Å²) < 4.78 is 4.78. The number of nitrogens with two attached hydrogens (primary N) is 1. The van der Waals surface area contributed by atoms with Gasteiger partial charge in [-0.15, -0.1) is 12.4 Å². The maximum Gasteiger partial charge on any atom is 0.308 e. The van der Waals surface area contributed by atoms with Crippen molar-refractivity contribution < 1.29 is 14.3 Å². The number of nitrogen functional groups attached to an aromatic ring is 1. The number of esters is 1. The molecule has 5 N–H and O–H groups in total. The van der Waals surface area contributed by atoms with Crippen LogP contribution in [-0.2, 0) is 9.53 Å². The van der Waals surface area contributed by atoms with E-state index in [1.54, 1.807) is 36.5 Å². The highest BCUT2D eigenvalue weighted by molar-refractivity contribution is 5.96. The second-order valence-corrected chi connectivity index (χ2v) is 7.17. The van der Waals surface area contributed by atoms with Gasteiger partial charge in [0.15, 0.2) is 0 Å². The Labute approximate surface area is 180 Å². The first-order valence-corrected chi connectivity index (χ1v) is 9.45. The number of rotatable bonds is 5. The fourth-order valence-corrected chi connectivity index (χ4v) is 3.56. The number of halogens is 1. The van der Waals surface area contributed by atoms with Crippen LogP contribution < -0.4 is 16.6 Å². The Balaban J connectivity index is 0.00000320. The number of carbonyl (C=O) groups excluding carboxylic acids is 2. The van der Waals surface area contributed by atoms with Crippen molar-refractivity contribution in [2.24, 2.45) is 11.7 Å². The monoisotopic (exact) mass is 432 g/mol. The molecule has 9 heteroatoms. The van der Waals surface area contributed by atoms with Crippen molar-refractivity contribution >= 4 is 30.1 Å². The molecule has 0 atom stereocenters. The average molecular weight is 433 g/mol. The number of aromatic amines is 1. The highest BCUT2D eigenvalue weighted by atomic mass is 35.5. The van der Waals surface area contributed by atoms with Gasteiger partial charge >= 0.3 is 5.97 Å². The van der Waals surface area contributed by atoms with Crippen LogP contribution in [0.5, 0.6) is 0 Å². The Morgan fingerprint density at radius 1 is 1.13 bits per heavy atom. The molecule has 0 radical (unpaired) electrons. The van der Waals surface area contributed by atoms with E-state index >= 15 is 0 Å². The predicted octanol–water partition coefficient (Wildman–Crippen LogP) is 2.21. The fourth-order valence-electron chi connectivity index (χ4n) is 3.56. The van der Waals surface area contributed by atoms with E-state index in [0.717, 1.165) is 5.56 Å². The molecule has 160 valence electrons. The van der Waals surface area contributed by atoms with Crippen molar-refractivity contribution in [1.29, 1.82) is 5.41 Å². The lowest BCUT2D eigenvalue weighted by Gasteiger charge is -2.27. The van der Waals surface area contributed by atoms with Crippen molar-refractivity contribution in [1.82, 2.24) is 10.3 Å². The van der Waals surface area contributed by atoms with Crippen LogP contribution in [0.2, 0.25) is 0 Å². The number of benzene rings is 1. The molecule has 0 bridgehead atoms. The molecule has 3 rings (SSSR count). The summed E-state index contributed by atoms with van der Waals surface area (Å²) in [5.41, 5.74) is 7.10. The van der Waals surface area contributed by atoms with Crippen LogP contribution >= 0.6 is 12.4 Å². The second-order valence-electron chi connectivity index (χ2n) is 7.17. The molecule has 1 aromatic heterocycles. The molecule has 1 aliphatic carbocycles. The number of carbonyl (C=O) groups is 2. The minimum absolute atomic E-state index is 0. The second kappa shape index (κ2) is 10.1. The third-order valence-corrected chi connectivity index (χ3v) is 5.27. The van der Waals surface area contributed by atoms with Crippen molar-refractivity contribution in [2.45, 2.75) is 31.7 Å². The van der Waals surface area contributed by atoms with E-state index in [0.29, 0.717) is 36.8 Å². The van der Waals surface area contributed by atoms with Crippen LogP contribution in [0.1, 0.15) is 41.6 Å². The summed E-state index contributed by atoms with van der Waals surface area (Å²) in [6.45, 7) is 0. The predicted molar refractivity (Wildman–Crippen MR) is 116 cm³/mol. The molecule has 1 heterocycles. The van der Waals surface area contributed by atoms with Crippen molar-refractivity contribution in [3.05, 3.63) is 58.0 Å². The summed E-state index contributed by atoms with van der Waals surface area (Å²) in [5, 5.41) is 10.4. The molecule has 30 heavy (non-hydrogen) atoms. The minimum Gasteiger partial charge on any atom is -0.469 e. The number of hydrogen-bond donors (Lipinski definition) is 4. The zero-order chi connectivity index (χ0) is 21.0. The number of hydrogen-bond acceptors (Lipinski definition) is 5. The lowest BCUT2D eigenvalue weighted by atomic mass is 9.86. The van der Waals surface area contributed by atoms with E-state index in [1.165, 1.54) is 7.11 Å². The summed E-state index contributed by atoms with van der Waals surface area (Å²) in [4.78, 5) is 39.1. The molecular weight excluding hydrogens is 408 g/mol. The molecule has 1 fully saturated rings. The lowest BCUT2D eigenvalue weighted by Crippen LogP contribution is -2.40. The molecular formula is C21H25ClN4O4. The van der Waals surface area contributed by atoms with Crippen LogP contribution in [0.4, 0.5) is 0 Å². The third-order valence-electron chi connectivity index (χ3n) is 5.27. The number of pyridine rings is 1. The van der Waals surface area contributed by atoms with Gasteiger partial charge in [-0.25, -0.2) is 0 Å². The first-order chi connectivity index (χ1) is 13.9. The topological polar surface area (TPSA) is 138 Å². The van der Waals surface area contributed by atoms with Gasteiger partial charge in [-0.05, 0) is 42.9 Å². The van der Waals surface area contributed by atoms with E-state index in [-0.39, 0.29) is 41.7 Å². The molecule has 0 saturated heterocycles. The van der Waals surface area contributed by atoms with Gasteiger partial charge in [0, 0.05) is 17.8 Å². The van der Waals surface area contributed by atoms with Gasteiger partial charge in [-0.3, -0.25) is 19.8 Å². The van der Waals surface area contributed by atoms with Crippen LogP contribution in [0.15, 0.2) is 41.3 Å². The number of amidine groups is 1. The third kappa shape index (κ3) is 5.27. The quantitative estimate of drug-likeness (QED) is 0.326. The summed E-state index contributed by atoms with van der Waals surface area (Å²) >= 11 is 0. The van der Waals surface area contributed by atoms with Gasteiger partial charge in [-0.1, -0.05) is 24.3 Å².